The van der Waals surface area contributed by atoms with Gasteiger partial charge in [0.2, 0.25) is 0 Å². The van der Waals surface area contributed by atoms with Crippen LogP contribution < -0.4 is 0 Å². The van der Waals surface area contributed by atoms with Crippen LogP contribution in [0.4, 0.5) is 13.2 Å². The molecule has 0 bridgehead atoms. The van der Waals surface area contributed by atoms with Crippen LogP contribution in [0.5, 0.6) is 0 Å². The number of hydrogen-bond acceptors (Lipinski definition) is 3. The molecule has 4 nitrogen and oxygen atoms in total. The summed E-state index contributed by atoms with van der Waals surface area (Å²) in [5.41, 5.74) is 2.69. The van der Waals surface area contributed by atoms with Crippen molar-refractivity contribution in [2.45, 2.75) is 38.8 Å². The van der Waals surface area contributed by atoms with Crippen LogP contribution >= 0.6 is 0 Å². The first-order valence-corrected chi connectivity index (χ1v) is 10.7. The molecule has 0 spiro atoms. The number of carbonyl (C=O) groups excluding carboxylic acids is 1. The van der Waals surface area contributed by atoms with Crippen molar-refractivity contribution in [3.8, 4) is 0 Å². The van der Waals surface area contributed by atoms with Crippen molar-refractivity contribution in [3.05, 3.63) is 46.5 Å². The minimum Gasteiger partial charge on any atom is -0.337 e. The quantitative estimate of drug-likeness (QED) is 0.736. The van der Waals surface area contributed by atoms with Gasteiger partial charge >= 0.3 is 6.18 Å². The summed E-state index contributed by atoms with van der Waals surface area (Å²) in [4.78, 5) is 21.7. The van der Waals surface area contributed by atoms with Crippen molar-refractivity contribution in [1.82, 2.24) is 9.80 Å². The van der Waals surface area contributed by atoms with Gasteiger partial charge in [0.25, 0.3) is 5.91 Å². The largest absolute Gasteiger partial charge is 0.416 e. The highest BCUT2D eigenvalue weighted by Crippen LogP contribution is 2.39. The van der Waals surface area contributed by atoms with Crippen LogP contribution in [0.1, 0.15) is 43.7 Å². The molecule has 0 atom stereocenters. The number of aliphatic imine (C=N–C) groups is 1. The van der Waals surface area contributed by atoms with E-state index >= 15 is 0 Å². The molecule has 162 valence electrons. The number of likely N-dealkylation sites (tertiary alicyclic amines) is 1. The van der Waals surface area contributed by atoms with E-state index in [1.165, 1.54) is 11.6 Å². The summed E-state index contributed by atoms with van der Waals surface area (Å²) in [6.45, 7) is 8.55. The van der Waals surface area contributed by atoms with Crippen molar-refractivity contribution in [3.63, 3.8) is 0 Å². The second-order valence-corrected chi connectivity index (χ2v) is 8.96. The third-order valence-electron chi connectivity index (χ3n) is 6.25. The lowest BCUT2D eigenvalue weighted by molar-refractivity contribution is -0.138. The minimum absolute atomic E-state index is 0.0612. The van der Waals surface area contributed by atoms with Crippen molar-refractivity contribution in [2.75, 3.05) is 39.3 Å². The molecular weight excluding hydrogens is 391 g/mol. The van der Waals surface area contributed by atoms with Crippen molar-refractivity contribution < 1.29 is 18.0 Å². The third kappa shape index (κ3) is 4.17. The van der Waals surface area contributed by atoms with Gasteiger partial charge < -0.3 is 4.90 Å². The van der Waals surface area contributed by atoms with E-state index in [9.17, 15) is 18.0 Å². The smallest absolute Gasteiger partial charge is 0.337 e. The number of alkyl halides is 3. The lowest BCUT2D eigenvalue weighted by atomic mass is 9.86. The molecule has 3 heterocycles. The molecule has 0 aliphatic carbocycles. The Morgan fingerprint density at radius 3 is 2.53 bits per heavy atom. The van der Waals surface area contributed by atoms with E-state index in [-0.39, 0.29) is 11.8 Å². The number of nitrogens with zero attached hydrogens (tertiary/aromatic N) is 3. The maximum Gasteiger partial charge on any atom is 0.416 e. The van der Waals surface area contributed by atoms with Crippen LogP contribution in [0.3, 0.4) is 0 Å². The topological polar surface area (TPSA) is 35.9 Å². The summed E-state index contributed by atoms with van der Waals surface area (Å²) in [6.07, 6.45) is -3.27. The molecule has 1 fully saturated rings. The van der Waals surface area contributed by atoms with Crippen molar-refractivity contribution >= 4 is 11.6 Å². The van der Waals surface area contributed by atoms with E-state index in [0.717, 1.165) is 31.3 Å². The normalized spacial score (nSPS) is 20.9. The predicted molar refractivity (Wildman–Crippen MR) is 111 cm³/mol. The van der Waals surface area contributed by atoms with Gasteiger partial charge in [-0.15, -0.1) is 0 Å². The molecule has 3 aliphatic rings. The average Bonchev–Trinajstić information content (AvgIpc) is 3.26. The Balaban J connectivity index is 1.39. The van der Waals surface area contributed by atoms with Crippen LogP contribution in [0, 0.1) is 5.92 Å². The summed E-state index contributed by atoms with van der Waals surface area (Å²) in [5, 5.41) is 0. The fourth-order valence-electron chi connectivity index (χ4n) is 4.91. The minimum atomic E-state index is -4.35. The molecule has 3 aliphatic heterocycles. The van der Waals surface area contributed by atoms with E-state index < -0.39 is 11.7 Å². The Bertz CT molecular complexity index is 880. The van der Waals surface area contributed by atoms with E-state index in [2.05, 4.69) is 23.7 Å². The second kappa shape index (κ2) is 8.17. The third-order valence-corrected chi connectivity index (χ3v) is 6.25. The van der Waals surface area contributed by atoms with Crippen molar-refractivity contribution in [2.24, 2.45) is 10.9 Å². The van der Waals surface area contributed by atoms with Crippen LogP contribution in [0.25, 0.3) is 0 Å². The zero-order valence-electron chi connectivity index (χ0n) is 17.5. The maximum atomic E-state index is 13.4. The van der Waals surface area contributed by atoms with Gasteiger partial charge in [-0.1, -0.05) is 32.0 Å². The van der Waals surface area contributed by atoms with E-state index in [0.29, 0.717) is 49.7 Å². The fraction of sp³-hybridized carbons (Fsp3) is 0.565. The first-order valence-electron chi connectivity index (χ1n) is 10.7. The Kier molecular flexibility index (Phi) is 5.75. The first kappa shape index (κ1) is 21.1. The van der Waals surface area contributed by atoms with Gasteiger partial charge in [-0.2, -0.15) is 13.2 Å². The summed E-state index contributed by atoms with van der Waals surface area (Å²) >= 11 is 0. The number of rotatable bonds is 4. The van der Waals surface area contributed by atoms with Crippen molar-refractivity contribution in [1.29, 1.82) is 0 Å². The molecule has 1 saturated heterocycles. The zero-order chi connectivity index (χ0) is 21.5. The summed E-state index contributed by atoms with van der Waals surface area (Å²) in [7, 11) is 0. The Hall–Kier alpha value is -2.15. The van der Waals surface area contributed by atoms with Crippen LogP contribution in [0.2, 0.25) is 0 Å². The Morgan fingerprint density at radius 2 is 1.87 bits per heavy atom. The SMILES string of the molecule is CC(C)CN1CC2=C(C1)C(C(=O)N1CCC(c3ccccc3C(F)(F)F)CC1)=NC2. The monoisotopic (exact) mass is 419 g/mol. The number of hydrogen-bond donors (Lipinski definition) is 0. The van der Waals surface area contributed by atoms with Crippen LogP contribution in [-0.2, 0) is 11.0 Å². The highest BCUT2D eigenvalue weighted by molar-refractivity contribution is 6.46. The standard InChI is InChI=1S/C23H28F3N3O/c1-15(2)12-28-13-17-11-27-21(19(17)14-28)22(30)29-9-7-16(8-10-29)18-5-3-4-6-20(18)23(24,25)26/h3-6,15-16H,7-14H2,1-2H3. The predicted octanol–water partition coefficient (Wildman–Crippen LogP) is 4.13. The van der Waals surface area contributed by atoms with Crippen LogP contribution in [-0.4, -0.2) is 60.7 Å². The highest BCUT2D eigenvalue weighted by atomic mass is 19.4. The number of piperidine rings is 1. The van der Waals surface area contributed by atoms with E-state index in [1.54, 1.807) is 17.0 Å². The molecule has 1 amide bonds. The highest BCUT2D eigenvalue weighted by Gasteiger charge is 2.38. The zero-order valence-corrected chi connectivity index (χ0v) is 17.5. The summed E-state index contributed by atoms with van der Waals surface area (Å²) < 4.78 is 40.1. The molecule has 1 aromatic carbocycles. The van der Waals surface area contributed by atoms with Gasteiger partial charge in [-0.3, -0.25) is 14.7 Å². The number of benzene rings is 1. The molecule has 0 saturated carbocycles. The van der Waals surface area contributed by atoms with Gasteiger partial charge in [0.05, 0.1) is 12.1 Å². The first-order chi connectivity index (χ1) is 14.2. The van der Waals surface area contributed by atoms with E-state index in [4.69, 9.17) is 0 Å². The molecular formula is C23H28F3N3O. The lowest BCUT2D eigenvalue weighted by Crippen LogP contribution is -2.42. The Labute approximate surface area is 175 Å². The molecule has 0 aromatic heterocycles. The Morgan fingerprint density at radius 1 is 1.17 bits per heavy atom. The number of amides is 1. The average molecular weight is 419 g/mol. The summed E-state index contributed by atoms with van der Waals surface area (Å²) in [6, 6.07) is 5.81. The number of carbonyl (C=O) groups is 1. The molecule has 0 N–H and O–H groups in total. The molecule has 4 rings (SSSR count). The van der Waals surface area contributed by atoms with Gasteiger partial charge in [0, 0.05) is 32.7 Å². The molecule has 30 heavy (non-hydrogen) atoms. The maximum absolute atomic E-state index is 13.4. The lowest BCUT2D eigenvalue weighted by Gasteiger charge is -2.33. The second-order valence-electron chi connectivity index (χ2n) is 8.96. The molecule has 7 heteroatoms. The van der Waals surface area contributed by atoms with Gasteiger partial charge in [0.15, 0.2) is 0 Å². The molecule has 1 aromatic rings. The molecule has 0 unspecified atom stereocenters. The van der Waals surface area contributed by atoms with Crippen LogP contribution in [0.15, 0.2) is 40.4 Å². The van der Waals surface area contributed by atoms with E-state index in [1.807, 2.05) is 0 Å². The fourth-order valence-corrected chi connectivity index (χ4v) is 4.91. The van der Waals surface area contributed by atoms with Gasteiger partial charge in [-0.05, 0) is 47.5 Å². The molecule has 0 radical (unpaired) electrons. The van der Waals surface area contributed by atoms with Gasteiger partial charge in [-0.25, -0.2) is 0 Å². The number of halogens is 3. The van der Waals surface area contributed by atoms with Gasteiger partial charge in [0.1, 0.15) is 5.71 Å². The summed E-state index contributed by atoms with van der Waals surface area (Å²) in [5.74, 6) is 0.328.